The van der Waals surface area contributed by atoms with E-state index in [1.807, 2.05) is 30.9 Å². The smallest absolute Gasteiger partial charge is 0.317 e. The molecule has 0 radical (unpaired) electrons. The first-order valence-electron chi connectivity index (χ1n) is 8.63. The predicted octanol–water partition coefficient (Wildman–Crippen LogP) is 2.57. The van der Waals surface area contributed by atoms with Crippen LogP contribution in [0.2, 0.25) is 0 Å². The number of nitrogens with one attached hydrogen (secondary N) is 1. The zero-order valence-electron chi connectivity index (χ0n) is 15.1. The van der Waals surface area contributed by atoms with Gasteiger partial charge in [0.15, 0.2) is 0 Å². The maximum absolute atomic E-state index is 12.8. The fourth-order valence-electron chi connectivity index (χ4n) is 4.11. The second kappa shape index (κ2) is 6.11. The van der Waals surface area contributed by atoms with E-state index < -0.39 is 0 Å². The molecule has 1 saturated heterocycles. The molecule has 5 heteroatoms. The first-order valence-corrected chi connectivity index (χ1v) is 8.63. The highest BCUT2D eigenvalue weighted by Gasteiger charge is 2.49. The highest BCUT2D eigenvalue weighted by atomic mass is 16.2. The fraction of sp³-hybridized carbons (Fsp3) is 0.579. The number of hydrogen-bond acceptors (Lipinski definition) is 2. The van der Waals surface area contributed by atoms with E-state index in [0.29, 0.717) is 0 Å². The van der Waals surface area contributed by atoms with Gasteiger partial charge in [0.1, 0.15) is 0 Å². The molecule has 24 heavy (non-hydrogen) atoms. The van der Waals surface area contributed by atoms with Crippen molar-refractivity contribution in [1.82, 2.24) is 15.1 Å². The van der Waals surface area contributed by atoms with Gasteiger partial charge in [-0.25, -0.2) is 4.79 Å². The number of rotatable bonds is 2. The highest BCUT2D eigenvalue weighted by Crippen LogP contribution is 2.48. The summed E-state index contributed by atoms with van der Waals surface area (Å²) >= 11 is 0. The van der Waals surface area contributed by atoms with Gasteiger partial charge in [0.2, 0.25) is 0 Å². The van der Waals surface area contributed by atoms with Gasteiger partial charge in [-0.15, -0.1) is 0 Å². The fourth-order valence-corrected chi connectivity index (χ4v) is 4.11. The van der Waals surface area contributed by atoms with Crippen molar-refractivity contribution in [3.05, 3.63) is 34.9 Å². The lowest BCUT2D eigenvalue weighted by atomic mass is 9.65. The molecule has 2 fully saturated rings. The van der Waals surface area contributed by atoms with Gasteiger partial charge < -0.3 is 15.1 Å². The van der Waals surface area contributed by atoms with E-state index in [2.05, 4.69) is 11.4 Å². The van der Waals surface area contributed by atoms with Crippen LogP contribution in [-0.2, 0) is 0 Å². The van der Waals surface area contributed by atoms with Crippen molar-refractivity contribution in [1.29, 1.82) is 0 Å². The quantitative estimate of drug-likeness (QED) is 0.907. The number of urea groups is 1. The maximum atomic E-state index is 12.8. The Morgan fingerprint density at radius 1 is 1.17 bits per heavy atom. The largest absolute Gasteiger partial charge is 0.338 e. The number of carbonyl (C=O) groups excluding carboxylic acids is 2. The van der Waals surface area contributed by atoms with E-state index in [-0.39, 0.29) is 23.4 Å². The zero-order valence-corrected chi connectivity index (χ0v) is 15.1. The van der Waals surface area contributed by atoms with Gasteiger partial charge in [0.05, 0.1) is 0 Å². The Hall–Kier alpha value is -2.04. The van der Waals surface area contributed by atoms with Crippen LogP contribution in [0.25, 0.3) is 0 Å². The minimum Gasteiger partial charge on any atom is -0.338 e. The average molecular weight is 329 g/mol. The summed E-state index contributed by atoms with van der Waals surface area (Å²) < 4.78 is 0. The predicted molar refractivity (Wildman–Crippen MR) is 94.1 cm³/mol. The number of likely N-dealkylation sites (tertiary alicyclic amines) is 1. The van der Waals surface area contributed by atoms with Crippen molar-refractivity contribution in [2.24, 2.45) is 5.41 Å². The van der Waals surface area contributed by atoms with E-state index in [1.54, 1.807) is 19.0 Å². The molecule has 2 aliphatic rings. The Morgan fingerprint density at radius 3 is 2.38 bits per heavy atom. The summed E-state index contributed by atoms with van der Waals surface area (Å²) in [6.07, 6.45) is 2.99. The minimum atomic E-state index is -0.0315. The molecule has 3 rings (SSSR count). The Labute approximate surface area is 144 Å². The van der Waals surface area contributed by atoms with E-state index in [1.165, 1.54) is 0 Å². The van der Waals surface area contributed by atoms with Gasteiger partial charge in [-0.2, -0.15) is 0 Å². The van der Waals surface area contributed by atoms with Gasteiger partial charge >= 0.3 is 6.03 Å². The van der Waals surface area contributed by atoms with E-state index in [9.17, 15) is 9.59 Å². The third kappa shape index (κ3) is 3.25. The summed E-state index contributed by atoms with van der Waals surface area (Å²) in [4.78, 5) is 28.0. The lowest BCUT2D eigenvalue weighted by Gasteiger charge is -2.45. The molecule has 1 aromatic rings. The number of hydrogen-bond donors (Lipinski definition) is 1. The third-order valence-electron chi connectivity index (χ3n) is 5.29. The van der Waals surface area contributed by atoms with Crippen molar-refractivity contribution < 1.29 is 9.59 Å². The van der Waals surface area contributed by atoms with Crippen LogP contribution in [0.1, 0.15) is 40.7 Å². The van der Waals surface area contributed by atoms with Gasteiger partial charge in [0, 0.05) is 38.8 Å². The van der Waals surface area contributed by atoms with E-state index in [0.717, 1.165) is 49.0 Å². The number of amides is 3. The summed E-state index contributed by atoms with van der Waals surface area (Å²) in [5.74, 6) is 0.138. The SMILES string of the molecule is Cc1cc(C)cc(C(=O)N2CCC3(CC(NC(=O)N(C)C)C3)C2)c1. The number of aryl methyl sites for hydroxylation is 2. The van der Waals surface area contributed by atoms with Crippen molar-refractivity contribution in [2.75, 3.05) is 27.2 Å². The van der Waals surface area contributed by atoms with Crippen molar-refractivity contribution in [2.45, 2.75) is 39.2 Å². The van der Waals surface area contributed by atoms with Gasteiger partial charge in [-0.3, -0.25) is 4.79 Å². The summed E-state index contributed by atoms with van der Waals surface area (Å²) in [7, 11) is 3.51. The molecule has 1 heterocycles. The second-order valence-electron chi connectivity index (χ2n) is 7.80. The molecule has 1 saturated carbocycles. The molecular weight excluding hydrogens is 302 g/mol. The third-order valence-corrected chi connectivity index (χ3v) is 5.29. The Bertz CT molecular complexity index is 642. The number of benzene rings is 1. The second-order valence-corrected chi connectivity index (χ2v) is 7.80. The number of carbonyl (C=O) groups is 2. The van der Waals surface area contributed by atoms with Crippen LogP contribution in [-0.4, -0.2) is 55.0 Å². The molecule has 1 aromatic carbocycles. The Morgan fingerprint density at radius 2 is 1.79 bits per heavy atom. The first-order chi connectivity index (χ1) is 11.3. The lowest BCUT2D eigenvalue weighted by Crippen LogP contribution is -2.54. The van der Waals surface area contributed by atoms with E-state index >= 15 is 0 Å². The molecule has 0 atom stereocenters. The Balaban J connectivity index is 1.58. The van der Waals surface area contributed by atoms with Crippen LogP contribution in [0.3, 0.4) is 0 Å². The summed E-state index contributed by atoms with van der Waals surface area (Å²) in [6.45, 7) is 5.69. The molecule has 0 aromatic heterocycles. The maximum Gasteiger partial charge on any atom is 0.317 e. The normalized spacial score (nSPS) is 25.5. The summed E-state index contributed by atoms with van der Waals surface area (Å²) in [5.41, 5.74) is 3.25. The monoisotopic (exact) mass is 329 g/mol. The molecule has 0 bridgehead atoms. The van der Waals surface area contributed by atoms with Gasteiger partial charge in [-0.1, -0.05) is 17.2 Å². The van der Waals surface area contributed by atoms with Crippen LogP contribution >= 0.6 is 0 Å². The van der Waals surface area contributed by atoms with E-state index in [4.69, 9.17) is 0 Å². The van der Waals surface area contributed by atoms with Crippen LogP contribution in [0, 0.1) is 19.3 Å². The molecule has 1 N–H and O–H groups in total. The molecule has 1 aliphatic carbocycles. The lowest BCUT2D eigenvalue weighted by molar-refractivity contribution is 0.0665. The molecule has 5 nitrogen and oxygen atoms in total. The molecular formula is C19H27N3O2. The molecule has 1 spiro atoms. The molecule has 3 amide bonds. The highest BCUT2D eigenvalue weighted by molar-refractivity contribution is 5.94. The Kier molecular flexibility index (Phi) is 4.28. The average Bonchev–Trinajstić information content (AvgIpc) is 2.90. The minimum absolute atomic E-state index is 0.0315. The molecule has 0 unspecified atom stereocenters. The molecule has 1 aliphatic heterocycles. The van der Waals surface area contributed by atoms with Gasteiger partial charge in [-0.05, 0) is 50.7 Å². The summed E-state index contributed by atoms with van der Waals surface area (Å²) in [5, 5.41) is 3.04. The summed E-state index contributed by atoms with van der Waals surface area (Å²) in [6, 6.07) is 6.25. The van der Waals surface area contributed by atoms with Crippen molar-refractivity contribution in [3.8, 4) is 0 Å². The zero-order chi connectivity index (χ0) is 17.5. The van der Waals surface area contributed by atoms with Crippen LogP contribution in [0.4, 0.5) is 4.79 Å². The van der Waals surface area contributed by atoms with Crippen molar-refractivity contribution in [3.63, 3.8) is 0 Å². The first kappa shape index (κ1) is 16.8. The number of nitrogens with zero attached hydrogens (tertiary/aromatic N) is 2. The van der Waals surface area contributed by atoms with Crippen LogP contribution in [0.15, 0.2) is 18.2 Å². The van der Waals surface area contributed by atoms with Crippen LogP contribution in [0.5, 0.6) is 0 Å². The van der Waals surface area contributed by atoms with Gasteiger partial charge in [0.25, 0.3) is 5.91 Å². The standard InChI is InChI=1S/C19H27N3O2/c1-13-7-14(2)9-15(8-13)17(23)22-6-5-19(12-22)10-16(11-19)20-18(24)21(3)4/h7-9,16H,5-6,10-12H2,1-4H3,(H,20,24). The molecule has 130 valence electrons. The van der Waals surface area contributed by atoms with Crippen LogP contribution < -0.4 is 5.32 Å². The topological polar surface area (TPSA) is 52.7 Å². The van der Waals surface area contributed by atoms with Crippen molar-refractivity contribution >= 4 is 11.9 Å².